The predicted octanol–water partition coefficient (Wildman–Crippen LogP) is 5.28. The van der Waals surface area contributed by atoms with Crippen LogP contribution in [0, 0.1) is 29.6 Å². The van der Waals surface area contributed by atoms with E-state index in [4.69, 9.17) is 6.42 Å². The van der Waals surface area contributed by atoms with Crippen molar-refractivity contribution in [3.63, 3.8) is 0 Å². The van der Waals surface area contributed by atoms with Gasteiger partial charge < -0.3 is 0 Å². The van der Waals surface area contributed by atoms with Crippen LogP contribution in [0.1, 0.15) is 73.1 Å². The van der Waals surface area contributed by atoms with Crippen LogP contribution in [0.2, 0.25) is 0 Å². The van der Waals surface area contributed by atoms with Gasteiger partial charge >= 0.3 is 0 Å². The Morgan fingerprint density at radius 3 is 2.00 bits per heavy atom. The highest BCUT2D eigenvalue weighted by Crippen LogP contribution is 2.41. The predicted molar refractivity (Wildman–Crippen MR) is 74.3 cm³/mol. The molecule has 0 heterocycles. The summed E-state index contributed by atoms with van der Waals surface area (Å²) in [6.07, 6.45) is 13.3. The van der Waals surface area contributed by atoms with Gasteiger partial charge in [0.2, 0.25) is 0 Å². The first-order valence-corrected chi connectivity index (χ1v) is 7.07. The summed E-state index contributed by atoms with van der Waals surface area (Å²) in [7, 11) is 0. The summed E-state index contributed by atoms with van der Waals surface area (Å²) in [4.78, 5) is 0. The summed E-state index contributed by atoms with van der Waals surface area (Å²) in [6.45, 7) is 11.4. The molecule has 0 spiro atoms. The van der Waals surface area contributed by atoms with Gasteiger partial charge in [-0.05, 0) is 31.6 Å². The van der Waals surface area contributed by atoms with Crippen molar-refractivity contribution < 1.29 is 0 Å². The summed E-state index contributed by atoms with van der Waals surface area (Å²) in [5.74, 6) is 4.59. The van der Waals surface area contributed by atoms with Gasteiger partial charge in [-0.15, -0.1) is 6.42 Å². The second-order valence-electron chi connectivity index (χ2n) is 5.24. The summed E-state index contributed by atoms with van der Waals surface area (Å²) in [5, 5.41) is 0. The minimum Gasteiger partial charge on any atom is -0.120 e. The molecule has 0 bridgehead atoms. The molecule has 0 aromatic carbocycles. The Morgan fingerprint density at radius 1 is 1.12 bits per heavy atom. The van der Waals surface area contributed by atoms with Gasteiger partial charge in [0, 0.05) is 5.41 Å². The van der Waals surface area contributed by atoms with Gasteiger partial charge in [0.25, 0.3) is 0 Å². The molecule has 0 N–H and O–H groups in total. The van der Waals surface area contributed by atoms with Gasteiger partial charge in [0.15, 0.2) is 0 Å². The normalized spacial score (nSPS) is 16.8. The molecule has 0 radical (unpaired) electrons. The molecule has 0 aromatic rings. The molecular weight excluding hydrogens is 192 g/mol. The SMILES string of the molecule is C#CC(C)(CC)C(CCCC)C(CC)CC. The van der Waals surface area contributed by atoms with Crippen molar-refractivity contribution in [2.24, 2.45) is 17.3 Å². The van der Waals surface area contributed by atoms with Crippen LogP contribution in [0.25, 0.3) is 0 Å². The van der Waals surface area contributed by atoms with Crippen molar-refractivity contribution in [3.8, 4) is 12.3 Å². The van der Waals surface area contributed by atoms with E-state index in [0.717, 1.165) is 12.3 Å². The third-order valence-corrected chi connectivity index (χ3v) is 4.37. The number of unbranched alkanes of at least 4 members (excludes halogenated alkanes) is 1. The number of rotatable bonds is 8. The van der Waals surface area contributed by atoms with Crippen LogP contribution in [0.3, 0.4) is 0 Å². The van der Waals surface area contributed by atoms with Gasteiger partial charge in [0.05, 0.1) is 0 Å². The molecule has 0 fully saturated rings. The molecule has 0 aliphatic heterocycles. The fourth-order valence-corrected chi connectivity index (χ4v) is 2.83. The summed E-state index contributed by atoms with van der Waals surface area (Å²) in [6, 6.07) is 0. The maximum absolute atomic E-state index is 5.79. The Hall–Kier alpha value is -0.440. The molecular formula is C16H30. The zero-order chi connectivity index (χ0) is 12.6. The maximum Gasteiger partial charge on any atom is 0.0312 e. The number of terminal acetylenes is 1. The minimum absolute atomic E-state index is 0.103. The van der Waals surface area contributed by atoms with E-state index in [0.29, 0.717) is 5.92 Å². The average Bonchev–Trinajstić information content (AvgIpc) is 2.33. The first-order chi connectivity index (χ1) is 7.59. The molecule has 0 aromatic heterocycles. The third kappa shape index (κ3) is 3.85. The molecule has 0 saturated heterocycles. The minimum atomic E-state index is 0.103. The average molecular weight is 222 g/mol. The highest BCUT2D eigenvalue weighted by atomic mass is 14.4. The van der Waals surface area contributed by atoms with E-state index >= 15 is 0 Å². The highest BCUT2D eigenvalue weighted by molar-refractivity contribution is 5.06. The van der Waals surface area contributed by atoms with Crippen LogP contribution < -0.4 is 0 Å². The van der Waals surface area contributed by atoms with Crippen molar-refractivity contribution in [1.29, 1.82) is 0 Å². The Labute approximate surface area is 103 Å². The monoisotopic (exact) mass is 222 g/mol. The second kappa shape index (κ2) is 7.77. The van der Waals surface area contributed by atoms with E-state index in [1.807, 2.05) is 0 Å². The lowest BCUT2D eigenvalue weighted by molar-refractivity contribution is 0.148. The van der Waals surface area contributed by atoms with E-state index in [1.165, 1.54) is 32.1 Å². The third-order valence-electron chi connectivity index (χ3n) is 4.37. The summed E-state index contributed by atoms with van der Waals surface area (Å²) < 4.78 is 0. The van der Waals surface area contributed by atoms with Crippen molar-refractivity contribution in [1.82, 2.24) is 0 Å². The topological polar surface area (TPSA) is 0 Å². The lowest BCUT2D eigenvalue weighted by Crippen LogP contribution is -2.31. The highest BCUT2D eigenvalue weighted by Gasteiger charge is 2.34. The smallest absolute Gasteiger partial charge is 0.0312 e. The van der Waals surface area contributed by atoms with E-state index < -0.39 is 0 Å². The Morgan fingerprint density at radius 2 is 1.69 bits per heavy atom. The van der Waals surface area contributed by atoms with Gasteiger partial charge in [-0.25, -0.2) is 0 Å². The first kappa shape index (κ1) is 15.6. The molecule has 0 aliphatic carbocycles. The van der Waals surface area contributed by atoms with Crippen molar-refractivity contribution in [3.05, 3.63) is 0 Å². The molecule has 2 unspecified atom stereocenters. The van der Waals surface area contributed by atoms with E-state index in [9.17, 15) is 0 Å². The Kier molecular flexibility index (Phi) is 7.56. The van der Waals surface area contributed by atoms with Crippen LogP contribution in [-0.4, -0.2) is 0 Å². The van der Waals surface area contributed by atoms with Crippen LogP contribution in [0.5, 0.6) is 0 Å². The molecule has 16 heavy (non-hydrogen) atoms. The zero-order valence-electron chi connectivity index (χ0n) is 12.0. The molecule has 94 valence electrons. The van der Waals surface area contributed by atoms with E-state index in [-0.39, 0.29) is 5.41 Å². The van der Waals surface area contributed by atoms with Crippen LogP contribution in [-0.2, 0) is 0 Å². The standard InChI is InChI=1S/C16H30/c1-7-12-13-15(14(8-2)9-3)16(6,10-4)11-5/h4,14-15H,7-9,11-13H2,1-3,5-6H3. The zero-order valence-corrected chi connectivity index (χ0v) is 12.0. The molecule has 0 amide bonds. The molecule has 0 saturated carbocycles. The second-order valence-corrected chi connectivity index (χ2v) is 5.24. The summed E-state index contributed by atoms with van der Waals surface area (Å²) >= 11 is 0. The first-order valence-electron chi connectivity index (χ1n) is 7.07. The van der Waals surface area contributed by atoms with Crippen LogP contribution in [0.4, 0.5) is 0 Å². The molecule has 0 rings (SSSR count). The largest absolute Gasteiger partial charge is 0.120 e. The van der Waals surface area contributed by atoms with Crippen molar-refractivity contribution in [2.75, 3.05) is 0 Å². The lowest BCUT2D eigenvalue weighted by Gasteiger charge is -2.38. The quantitative estimate of drug-likeness (QED) is 0.490. The summed E-state index contributed by atoms with van der Waals surface area (Å²) in [5.41, 5.74) is 0.103. The van der Waals surface area contributed by atoms with Crippen molar-refractivity contribution >= 4 is 0 Å². The van der Waals surface area contributed by atoms with Crippen molar-refractivity contribution in [2.45, 2.75) is 73.1 Å². The lowest BCUT2D eigenvalue weighted by atomic mass is 9.66. The van der Waals surface area contributed by atoms with Gasteiger partial charge in [-0.3, -0.25) is 0 Å². The van der Waals surface area contributed by atoms with Gasteiger partial charge in [0.1, 0.15) is 0 Å². The fourth-order valence-electron chi connectivity index (χ4n) is 2.83. The Balaban J connectivity index is 4.83. The maximum atomic E-state index is 5.79. The molecule has 0 aliphatic rings. The van der Waals surface area contributed by atoms with E-state index in [2.05, 4.69) is 40.5 Å². The van der Waals surface area contributed by atoms with E-state index in [1.54, 1.807) is 0 Å². The number of hydrogen-bond acceptors (Lipinski definition) is 0. The molecule has 2 atom stereocenters. The van der Waals surface area contributed by atoms with Crippen LogP contribution >= 0.6 is 0 Å². The van der Waals surface area contributed by atoms with Gasteiger partial charge in [-0.2, -0.15) is 0 Å². The van der Waals surface area contributed by atoms with Crippen LogP contribution in [0.15, 0.2) is 0 Å². The molecule has 0 nitrogen and oxygen atoms in total. The Bertz CT molecular complexity index is 207. The van der Waals surface area contributed by atoms with Gasteiger partial charge in [-0.1, -0.05) is 59.3 Å². The fraction of sp³-hybridized carbons (Fsp3) is 0.875. The number of hydrogen-bond donors (Lipinski definition) is 0. The molecule has 0 heteroatoms.